The van der Waals surface area contributed by atoms with Crippen molar-refractivity contribution in [2.75, 3.05) is 4.90 Å². The van der Waals surface area contributed by atoms with E-state index in [4.69, 9.17) is 11.8 Å². The summed E-state index contributed by atoms with van der Waals surface area (Å²) in [5, 5.41) is 18.6. The second kappa shape index (κ2) is 9.88. The lowest BCUT2D eigenvalue weighted by Gasteiger charge is -2.26. The average molecular weight is 457 g/mol. The maximum Gasteiger partial charge on any atom is 0.280 e. The van der Waals surface area contributed by atoms with Crippen LogP contribution in [0.4, 0.5) is 17.1 Å². The number of nitrogens with zero attached hydrogens (tertiary/aromatic N) is 4. The first-order valence-corrected chi connectivity index (χ1v) is 11.4. The highest BCUT2D eigenvalue weighted by Gasteiger charge is 2.15. The van der Waals surface area contributed by atoms with E-state index in [0.717, 1.165) is 27.5 Å². The van der Waals surface area contributed by atoms with Gasteiger partial charge in [-0.1, -0.05) is 47.5 Å². The Morgan fingerprint density at radius 3 is 1.68 bits per heavy atom. The second-order valence-corrected chi connectivity index (χ2v) is 8.86. The van der Waals surface area contributed by atoms with Crippen molar-refractivity contribution in [3.63, 3.8) is 0 Å². The summed E-state index contributed by atoms with van der Waals surface area (Å²) in [5.41, 5.74) is 6.55. The van der Waals surface area contributed by atoms with E-state index in [-0.39, 0.29) is 11.3 Å². The zero-order chi connectivity index (χ0) is 24.1. The number of thiophene rings is 1. The van der Waals surface area contributed by atoms with Crippen LogP contribution < -0.4 is 4.90 Å². The van der Waals surface area contributed by atoms with Crippen LogP contribution in [0.5, 0.6) is 0 Å². The van der Waals surface area contributed by atoms with E-state index in [9.17, 15) is 5.26 Å². The van der Waals surface area contributed by atoms with Crippen LogP contribution in [0.15, 0.2) is 90.6 Å². The van der Waals surface area contributed by atoms with Gasteiger partial charge in [0.25, 0.3) is 5.70 Å². The summed E-state index contributed by atoms with van der Waals surface area (Å²) in [6, 6.07) is 32.7. The number of rotatable bonds is 5. The minimum Gasteiger partial charge on any atom is -0.311 e. The van der Waals surface area contributed by atoms with Crippen LogP contribution in [0, 0.1) is 43.1 Å². The third-order valence-electron chi connectivity index (χ3n) is 5.41. The van der Waals surface area contributed by atoms with Crippen LogP contribution in [0.25, 0.3) is 20.9 Å². The molecule has 0 saturated carbocycles. The van der Waals surface area contributed by atoms with Crippen molar-refractivity contribution in [1.82, 2.24) is 0 Å². The Morgan fingerprint density at radius 1 is 0.735 bits per heavy atom. The number of aryl methyl sites for hydroxylation is 2. The predicted molar refractivity (Wildman–Crippen MR) is 139 cm³/mol. The van der Waals surface area contributed by atoms with Crippen molar-refractivity contribution >= 4 is 34.0 Å². The third kappa shape index (κ3) is 4.59. The van der Waals surface area contributed by atoms with Gasteiger partial charge in [-0.2, -0.15) is 5.26 Å². The highest BCUT2D eigenvalue weighted by Crippen LogP contribution is 2.38. The fraction of sp³-hybridized carbons (Fsp3) is 0.0690. The summed E-state index contributed by atoms with van der Waals surface area (Å²) in [7, 11) is 0. The Kier molecular flexibility index (Phi) is 6.56. The third-order valence-corrected chi connectivity index (χ3v) is 6.56. The van der Waals surface area contributed by atoms with Crippen LogP contribution in [-0.2, 0) is 0 Å². The van der Waals surface area contributed by atoms with Gasteiger partial charge in [0.05, 0.1) is 24.3 Å². The Labute approximate surface area is 203 Å². The van der Waals surface area contributed by atoms with Crippen LogP contribution >= 0.6 is 11.3 Å². The minimum absolute atomic E-state index is 0.121. The van der Waals surface area contributed by atoms with Crippen LogP contribution in [0.3, 0.4) is 0 Å². The maximum absolute atomic E-state index is 9.44. The first kappa shape index (κ1) is 22.6. The molecule has 4 aromatic rings. The van der Waals surface area contributed by atoms with Gasteiger partial charge in [0, 0.05) is 26.8 Å². The molecule has 4 rings (SSSR count). The fourth-order valence-corrected chi connectivity index (χ4v) is 4.61. The van der Waals surface area contributed by atoms with E-state index < -0.39 is 0 Å². The molecule has 0 amide bonds. The van der Waals surface area contributed by atoms with Gasteiger partial charge < -0.3 is 4.90 Å². The molecule has 3 aromatic carbocycles. The lowest BCUT2D eigenvalue weighted by atomic mass is 10.1. The van der Waals surface area contributed by atoms with E-state index in [2.05, 4.69) is 96.4 Å². The molecule has 5 heteroatoms. The van der Waals surface area contributed by atoms with Gasteiger partial charge in [-0.3, -0.25) is 0 Å². The summed E-state index contributed by atoms with van der Waals surface area (Å²) >= 11 is 1.40. The zero-order valence-electron chi connectivity index (χ0n) is 18.8. The van der Waals surface area contributed by atoms with Crippen LogP contribution in [0.2, 0.25) is 0 Å². The lowest BCUT2D eigenvalue weighted by Crippen LogP contribution is -2.09. The monoisotopic (exact) mass is 456 g/mol. The molecule has 0 aliphatic heterocycles. The molecule has 0 spiro atoms. The van der Waals surface area contributed by atoms with Crippen LogP contribution in [-0.4, -0.2) is 0 Å². The van der Waals surface area contributed by atoms with E-state index in [1.165, 1.54) is 22.5 Å². The molecule has 1 heterocycles. The van der Waals surface area contributed by atoms with Gasteiger partial charge in [-0.25, -0.2) is 10.1 Å². The van der Waals surface area contributed by atoms with Crippen molar-refractivity contribution < 1.29 is 0 Å². The molecule has 0 atom stereocenters. The molecular formula is C29H20N4S. The standard InChI is InChI=1S/C29H20N4S/c1-20-4-10-23(11-5-20)33(24-12-6-21(2)7-13-24)25-14-8-22(9-15-25)28-16-17-29(34-28)26(18-30)27(19-31)32-3/h4-17H,1-2H3/b27-26-. The van der Waals surface area contributed by atoms with E-state index in [0.29, 0.717) is 4.88 Å². The van der Waals surface area contributed by atoms with E-state index in [1.54, 1.807) is 6.07 Å². The predicted octanol–water partition coefficient (Wildman–Crippen LogP) is 8.18. The quantitative estimate of drug-likeness (QED) is 0.225. The number of anilines is 3. The van der Waals surface area contributed by atoms with E-state index >= 15 is 0 Å². The Bertz CT molecular complexity index is 1410. The molecule has 1 aromatic heterocycles. The molecule has 4 nitrogen and oxygen atoms in total. The summed E-state index contributed by atoms with van der Waals surface area (Å²) in [5.74, 6) is 0. The normalized spacial score (nSPS) is 11.0. The second-order valence-electron chi connectivity index (χ2n) is 7.78. The maximum atomic E-state index is 9.44. The summed E-state index contributed by atoms with van der Waals surface area (Å²) in [6.45, 7) is 11.3. The highest BCUT2D eigenvalue weighted by molar-refractivity contribution is 7.16. The summed E-state index contributed by atoms with van der Waals surface area (Å²) < 4.78 is 0. The number of hydrogen-bond donors (Lipinski definition) is 0. The van der Waals surface area contributed by atoms with Crippen molar-refractivity contribution in [2.45, 2.75) is 13.8 Å². The number of nitriles is 2. The van der Waals surface area contributed by atoms with E-state index in [1.807, 2.05) is 18.2 Å². The number of benzene rings is 3. The van der Waals surface area contributed by atoms with Gasteiger partial charge in [-0.05, 0) is 67.9 Å². The summed E-state index contributed by atoms with van der Waals surface area (Å²) in [6.07, 6.45) is 0. The summed E-state index contributed by atoms with van der Waals surface area (Å²) in [4.78, 5) is 6.99. The molecule has 0 aliphatic carbocycles. The zero-order valence-corrected chi connectivity index (χ0v) is 19.6. The Balaban J connectivity index is 1.71. The molecule has 34 heavy (non-hydrogen) atoms. The first-order valence-electron chi connectivity index (χ1n) is 10.6. The number of hydrogen-bond acceptors (Lipinski definition) is 4. The van der Waals surface area contributed by atoms with Gasteiger partial charge in [0.2, 0.25) is 0 Å². The molecule has 0 bridgehead atoms. The van der Waals surface area contributed by atoms with Crippen molar-refractivity contribution in [3.05, 3.63) is 118 Å². The molecule has 0 unspecified atom stereocenters. The molecule has 0 aliphatic rings. The first-order chi connectivity index (χ1) is 16.5. The molecule has 0 saturated heterocycles. The van der Waals surface area contributed by atoms with Gasteiger partial charge in [-0.15, -0.1) is 11.3 Å². The van der Waals surface area contributed by atoms with Gasteiger partial charge >= 0.3 is 0 Å². The Morgan fingerprint density at radius 2 is 1.24 bits per heavy atom. The highest BCUT2D eigenvalue weighted by atomic mass is 32.1. The molecular weight excluding hydrogens is 436 g/mol. The SMILES string of the molecule is [C-]#[N+]/C(C#N)=C(/C#N)c1ccc(-c2ccc(N(c3ccc(C)cc3)c3ccc(C)cc3)cc2)s1. The molecule has 0 N–H and O–H groups in total. The van der Waals surface area contributed by atoms with Crippen molar-refractivity contribution in [1.29, 1.82) is 10.5 Å². The fourth-order valence-electron chi connectivity index (χ4n) is 3.60. The largest absolute Gasteiger partial charge is 0.311 e. The van der Waals surface area contributed by atoms with Crippen LogP contribution in [0.1, 0.15) is 16.0 Å². The van der Waals surface area contributed by atoms with Crippen molar-refractivity contribution in [2.24, 2.45) is 0 Å². The minimum atomic E-state index is -0.182. The smallest absolute Gasteiger partial charge is 0.280 e. The van der Waals surface area contributed by atoms with Crippen molar-refractivity contribution in [3.8, 4) is 22.6 Å². The molecule has 0 fully saturated rings. The molecule has 162 valence electrons. The number of allylic oxidation sites excluding steroid dienone is 2. The average Bonchev–Trinajstić information content (AvgIpc) is 3.35. The molecule has 0 radical (unpaired) electrons. The van der Waals surface area contributed by atoms with Gasteiger partial charge in [0.15, 0.2) is 0 Å². The van der Waals surface area contributed by atoms with Gasteiger partial charge in [0.1, 0.15) is 0 Å². The topological polar surface area (TPSA) is 55.2 Å². The Hall–Kier alpha value is -4.63. The lowest BCUT2D eigenvalue weighted by molar-refractivity contribution is 1.27.